The number of rotatable bonds is 8. The molecule has 2 heterocycles. The molecule has 0 saturated carbocycles. The van der Waals surface area contributed by atoms with Gasteiger partial charge in [0.2, 0.25) is 0 Å². The Morgan fingerprint density at radius 1 is 1.29 bits per heavy atom. The van der Waals surface area contributed by atoms with Gasteiger partial charge in [-0.2, -0.15) is 0 Å². The van der Waals surface area contributed by atoms with Gasteiger partial charge in [0.1, 0.15) is 5.15 Å². The minimum absolute atomic E-state index is 0.0690. The molecule has 1 amide bonds. The van der Waals surface area contributed by atoms with E-state index in [9.17, 15) is 4.79 Å². The first kappa shape index (κ1) is 18.8. The van der Waals surface area contributed by atoms with Crippen LogP contribution in [-0.2, 0) is 7.05 Å². The highest BCUT2D eigenvalue weighted by Crippen LogP contribution is 2.33. The summed E-state index contributed by atoms with van der Waals surface area (Å²) in [6, 6.07) is 1.88. The third kappa shape index (κ3) is 3.75. The summed E-state index contributed by atoms with van der Waals surface area (Å²) >= 11 is 6.23. The molecule has 0 bridgehead atoms. The smallest absolute Gasteiger partial charge is 0.253 e. The highest BCUT2D eigenvalue weighted by molar-refractivity contribution is 6.35. The summed E-state index contributed by atoms with van der Waals surface area (Å²) in [4.78, 5) is 16.9. The maximum absolute atomic E-state index is 12.8. The number of halogens is 1. The van der Waals surface area contributed by atoms with Gasteiger partial charge in [0.25, 0.3) is 5.91 Å². The number of carbonyl (C=O) groups excluding carboxylic acids is 1. The summed E-state index contributed by atoms with van der Waals surface area (Å²) in [5.74, 6) is -0.0690. The monoisotopic (exact) mass is 349 g/mol. The van der Waals surface area contributed by atoms with E-state index < -0.39 is 0 Å². The van der Waals surface area contributed by atoms with Crippen molar-refractivity contribution in [1.29, 1.82) is 0 Å². The van der Waals surface area contributed by atoms with Gasteiger partial charge in [-0.25, -0.2) is 4.98 Å². The molecule has 0 fully saturated rings. The lowest BCUT2D eigenvalue weighted by atomic mass is 9.77. The number of aryl methyl sites for hydroxylation is 1. The number of nitrogens with one attached hydrogen (secondary N) is 1. The summed E-state index contributed by atoms with van der Waals surface area (Å²) in [6.07, 6.45) is 9.11. The van der Waals surface area contributed by atoms with E-state index in [4.69, 9.17) is 11.6 Å². The maximum atomic E-state index is 12.8. The predicted octanol–water partition coefficient (Wildman–Crippen LogP) is 4.95. The lowest BCUT2D eigenvalue weighted by Gasteiger charge is -2.32. The average Bonchev–Trinajstić information content (AvgIpc) is 2.91. The summed E-state index contributed by atoms with van der Waals surface area (Å²) in [5, 5.41) is 4.26. The second-order valence-corrected chi connectivity index (χ2v) is 7.04. The van der Waals surface area contributed by atoms with E-state index in [0.29, 0.717) is 17.3 Å². The molecule has 0 aliphatic heterocycles. The Morgan fingerprint density at radius 3 is 2.54 bits per heavy atom. The van der Waals surface area contributed by atoms with Gasteiger partial charge in [0, 0.05) is 31.4 Å². The number of carbonyl (C=O) groups is 1. The Morgan fingerprint density at radius 2 is 1.96 bits per heavy atom. The van der Waals surface area contributed by atoms with Gasteiger partial charge < -0.3 is 9.88 Å². The van der Waals surface area contributed by atoms with Crippen LogP contribution >= 0.6 is 11.6 Å². The molecule has 0 atom stereocenters. The molecule has 0 aromatic carbocycles. The molecule has 0 unspecified atom stereocenters. The fraction of sp³-hybridized carbons (Fsp3) is 0.579. The Labute approximate surface area is 149 Å². The second-order valence-electron chi connectivity index (χ2n) is 6.69. The van der Waals surface area contributed by atoms with E-state index in [1.54, 1.807) is 6.20 Å². The Bertz CT molecular complexity index is 702. The van der Waals surface area contributed by atoms with Crippen LogP contribution in [-0.4, -0.2) is 22.0 Å². The molecule has 2 rings (SSSR count). The van der Waals surface area contributed by atoms with Gasteiger partial charge in [-0.3, -0.25) is 4.79 Å². The molecular weight excluding hydrogens is 322 g/mol. The zero-order valence-corrected chi connectivity index (χ0v) is 15.9. The van der Waals surface area contributed by atoms with Crippen molar-refractivity contribution in [2.24, 2.45) is 12.5 Å². The van der Waals surface area contributed by atoms with Crippen molar-refractivity contribution < 1.29 is 4.79 Å². The summed E-state index contributed by atoms with van der Waals surface area (Å²) in [6.45, 7) is 7.34. The molecule has 1 N–H and O–H groups in total. The minimum Gasteiger partial charge on any atom is -0.351 e. The number of nitrogens with zero attached hydrogens (tertiary/aromatic N) is 2. The molecule has 0 saturated heterocycles. The third-order valence-electron chi connectivity index (χ3n) is 5.03. The number of pyridine rings is 1. The minimum atomic E-state index is -0.0690. The summed E-state index contributed by atoms with van der Waals surface area (Å²) in [7, 11) is 1.92. The summed E-state index contributed by atoms with van der Waals surface area (Å²) < 4.78 is 1.92. The lowest BCUT2D eigenvalue weighted by Crippen LogP contribution is -2.37. The van der Waals surface area contributed by atoms with Crippen molar-refractivity contribution in [2.45, 2.75) is 52.9 Å². The van der Waals surface area contributed by atoms with E-state index in [0.717, 1.165) is 43.0 Å². The van der Waals surface area contributed by atoms with E-state index in [1.807, 2.05) is 23.9 Å². The molecule has 132 valence electrons. The van der Waals surface area contributed by atoms with E-state index in [2.05, 4.69) is 31.1 Å². The molecule has 2 aromatic heterocycles. The molecule has 5 heteroatoms. The van der Waals surface area contributed by atoms with Gasteiger partial charge >= 0.3 is 0 Å². The SMILES string of the molecule is CCCC(CC)(CCC)CNC(=O)c1cn(C)c2ccnc(Cl)c12. The second kappa shape index (κ2) is 8.02. The van der Waals surface area contributed by atoms with Crippen molar-refractivity contribution in [3.05, 3.63) is 29.2 Å². The van der Waals surface area contributed by atoms with Crippen LogP contribution in [0.4, 0.5) is 0 Å². The fourth-order valence-corrected chi connectivity index (χ4v) is 3.93. The molecule has 24 heavy (non-hydrogen) atoms. The highest BCUT2D eigenvalue weighted by atomic mass is 35.5. The van der Waals surface area contributed by atoms with Crippen LogP contribution < -0.4 is 5.32 Å². The van der Waals surface area contributed by atoms with Gasteiger partial charge in [0.05, 0.1) is 11.1 Å². The van der Waals surface area contributed by atoms with Gasteiger partial charge in [0.15, 0.2) is 0 Å². The van der Waals surface area contributed by atoms with Crippen LogP contribution in [0.2, 0.25) is 5.15 Å². The molecule has 0 spiro atoms. The van der Waals surface area contributed by atoms with Crippen molar-refractivity contribution in [3.8, 4) is 0 Å². The fourth-order valence-electron chi connectivity index (χ4n) is 3.67. The number of amides is 1. The van der Waals surface area contributed by atoms with E-state index >= 15 is 0 Å². The van der Waals surface area contributed by atoms with Crippen molar-refractivity contribution in [1.82, 2.24) is 14.9 Å². The number of fused-ring (bicyclic) bond motifs is 1. The number of aromatic nitrogens is 2. The number of hydrogen-bond donors (Lipinski definition) is 1. The molecule has 2 aromatic rings. The zero-order chi connectivity index (χ0) is 17.7. The highest BCUT2D eigenvalue weighted by Gasteiger charge is 2.27. The largest absolute Gasteiger partial charge is 0.351 e. The van der Waals surface area contributed by atoms with Crippen molar-refractivity contribution in [3.63, 3.8) is 0 Å². The first-order valence-electron chi connectivity index (χ1n) is 8.85. The normalized spacial score (nSPS) is 11.9. The Balaban J connectivity index is 2.24. The lowest BCUT2D eigenvalue weighted by molar-refractivity contribution is 0.0919. The maximum Gasteiger partial charge on any atom is 0.253 e. The Kier molecular flexibility index (Phi) is 6.27. The van der Waals surface area contributed by atoms with Crippen LogP contribution in [0.5, 0.6) is 0 Å². The van der Waals surface area contributed by atoms with Crippen LogP contribution in [0, 0.1) is 5.41 Å². The molecule has 0 aliphatic rings. The van der Waals surface area contributed by atoms with Gasteiger partial charge in [-0.05, 0) is 30.7 Å². The van der Waals surface area contributed by atoms with Gasteiger partial charge in [-0.15, -0.1) is 0 Å². The molecule has 4 nitrogen and oxygen atoms in total. The molecular formula is C19H28ClN3O. The predicted molar refractivity (Wildman–Crippen MR) is 101 cm³/mol. The van der Waals surface area contributed by atoms with E-state index in [-0.39, 0.29) is 11.3 Å². The van der Waals surface area contributed by atoms with Crippen LogP contribution in [0.15, 0.2) is 18.5 Å². The van der Waals surface area contributed by atoms with Crippen LogP contribution in [0.3, 0.4) is 0 Å². The first-order valence-corrected chi connectivity index (χ1v) is 9.23. The first-order chi connectivity index (χ1) is 11.5. The van der Waals surface area contributed by atoms with E-state index in [1.165, 1.54) is 0 Å². The third-order valence-corrected chi connectivity index (χ3v) is 5.32. The summed E-state index contributed by atoms with van der Waals surface area (Å²) in [5.41, 5.74) is 1.71. The molecule has 0 radical (unpaired) electrons. The Hall–Kier alpha value is -1.55. The van der Waals surface area contributed by atoms with Crippen molar-refractivity contribution >= 4 is 28.4 Å². The van der Waals surface area contributed by atoms with Crippen LogP contribution in [0.1, 0.15) is 63.2 Å². The zero-order valence-electron chi connectivity index (χ0n) is 15.2. The average molecular weight is 350 g/mol. The quantitative estimate of drug-likeness (QED) is 0.685. The topological polar surface area (TPSA) is 46.9 Å². The van der Waals surface area contributed by atoms with Gasteiger partial charge in [-0.1, -0.05) is 45.2 Å². The van der Waals surface area contributed by atoms with Crippen molar-refractivity contribution in [2.75, 3.05) is 6.54 Å². The standard InChI is InChI=1S/C19H28ClN3O/c1-5-9-19(7-3,10-6-2)13-22-18(24)14-12-23(4)15-8-11-21-17(20)16(14)15/h8,11-12H,5-7,9-10,13H2,1-4H3,(H,22,24). The number of hydrogen-bond acceptors (Lipinski definition) is 2. The molecule has 0 aliphatic carbocycles. The van der Waals surface area contributed by atoms with Crippen LogP contribution in [0.25, 0.3) is 10.9 Å².